The average Bonchev–Trinajstić information content (AvgIpc) is 2.82. The molecule has 3 aromatic rings. The number of hydrogen-bond donors (Lipinski definition) is 1. The van der Waals surface area contributed by atoms with Gasteiger partial charge >= 0.3 is 0 Å². The Morgan fingerprint density at radius 3 is 2.42 bits per heavy atom. The number of carbonyl (C=O) groups excluding carboxylic acids is 1. The van der Waals surface area contributed by atoms with Gasteiger partial charge in [0, 0.05) is 11.6 Å². The van der Waals surface area contributed by atoms with Gasteiger partial charge in [-0.15, -0.1) is 0 Å². The highest BCUT2D eigenvalue weighted by atomic mass is 127. The van der Waals surface area contributed by atoms with Gasteiger partial charge < -0.3 is 14.8 Å². The van der Waals surface area contributed by atoms with Gasteiger partial charge in [0.05, 0.1) is 15.2 Å². The third kappa shape index (κ3) is 7.22. The number of benzene rings is 3. The van der Waals surface area contributed by atoms with Gasteiger partial charge in [0.25, 0.3) is 5.91 Å². The summed E-state index contributed by atoms with van der Waals surface area (Å²) < 4.78 is 12.7. The Hall–Kier alpha value is -2.54. The molecule has 33 heavy (non-hydrogen) atoms. The van der Waals surface area contributed by atoms with E-state index < -0.39 is 5.91 Å². The van der Waals surface area contributed by atoms with E-state index >= 15 is 0 Å². The number of amides is 1. The number of carbonyl (C=O) groups is 1. The standard InChI is InChI=1S/C25H19BrClIN2O3/c1-32-21-8-4-16(5-9-21)14-30-25(31)19(13-29)10-18-11-22(26)24(23(28)12-18)33-15-17-2-6-20(27)7-3-17/h2-12H,14-15H2,1H3,(H,30,31)/b19-10-. The van der Waals surface area contributed by atoms with Gasteiger partial charge in [-0.05, 0) is 97.7 Å². The number of nitrogens with one attached hydrogen (secondary N) is 1. The van der Waals surface area contributed by atoms with Crippen molar-refractivity contribution >= 4 is 62.1 Å². The Morgan fingerprint density at radius 1 is 1.15 bits per heavy atom. The highest BCUT2D eigenvalue weighted by Crippen LogP contribution is 2.33. The minimum atomic E-state index is -0.442. The number of nitriles is 1. The lowest BCUT2D eigenvalue weighted by atomic mass is 10.1. The Morgan fingerprint density at radius 2 is 1.82 bits per heavy atom. The van der Waals surface area contributed by atoms with Crippen molar-refractivity contribution in [1.82, 2.24) is 5.32 Å². The molecule has 3 aromatic carbocycles. The molecular formula is C25H19BrClIN2O3. The van der Waals surface area contributed by atoms with Crippen LogP contribution >= 0.6 is 50.1 Å². The summed E-state index contributed by atoms with van der Waals surface area (Å²) in [6, 6.07) is 20.4. The second-order valence-corrected chi connectivity index (χ2v) is 9.38. The van der Waals surface area contributed by atoms with E-state index in [1.807, 2.05) is 66.7 Å². The fraction of sp³-hybridized carbons (Fsp3) is 0.120. The molecule has 0 atom stereocenters. The van der Waals surface area contributed by atoms with Crippen LogP contribution in [0.25, 0.3) is 6.08 Å². The number of methoxy groups -OCH3 is 1. The fourth-order valence-corrected chi connectivity index (χ4v) is 4.77. The van der Waals surface area contributed by atoms with Crippen molar-refractivity contribution in [2.75, 3.05) is 7.11 Å². The van der Waals surface area contributed by atoms with E-state index in [2.05, 4.69) is 43.8 Å². The molecule has 0 aliphatic heterocycles. The van der Waals surface area contributed by atoms with Gasteiger partial charge in [0.2, 0.25) is 0 Å². The van der Waals surface area contributed by atoms with Crippen molar-refractivity contribution in [3.05, 3.63) is 96.0 Å². The number of ether oxygens (including phenoxy) is 2. The smallest absolute Gasteiger partial charge is 0.262 e. The van der Waals surface area contributed by atoms with Gasteiger partial charge in [-0.3, -0.25) is 4.79 Å². The molecule has 0 unspecified atom stereocenters. The molecule has 5 nitrogen and oxygen atoms in total. The molecule has 0 radical (unpaired) electrons. The summed E-state index contributed by atoms with van der Waals surface area (Å²) in [4.78, 5) is 12.5. The highest BCUT2D eigenvalue weighted by molar-refractivity contribution is 14.1. The van der Waals surface area contributed by atoms with Crippen LogP contribution < -0.4 is 14.8 Å². The lowest BCUT2D eigenvalue weighted by Gasteiger charge is -2.12. The van der Waals surface area contributed by atoms with E-state index in [0.717, 1.165) is 24.9 Å². The predicted molar refractivity (Wildman–Crippen MR) is 141 cm³/mol. The van der Waals surface area contributed by atoms with E-state index in [1.165, 1.54) is 0 Å². The topological polar surface area (TPSA) is 71.3 Å². The molecule has 0 heterocycles. The predicted octanol–water partition coefficient (Wildman–Crippen LogP) is 6.52. The summed E-state index contributed by atoms with van der Waals surface area (Å²) in [6.07, 6.45) is 1.55. The van der Waals surface area contributed by atoms with Crippen molar-refractivity contribution in [2.24, 2.45) is 0 Å². The zero-order valence-electron chi connectivity index (χ0n) is 17.6. The van der Waals surface area contributed by atoms with Gasteiger partial charge in [-0.2, -0.15) is 5.26 Å². The summed E-state index contributed by atoms with van der Waals surface area (Å²) in [5, 5.41) is 12.9. The minimum Gasteiger partial charge on any atom is -0.497 e. The number of rotatable bonds is 8. The van der Waals surface area contributed by atoms with Gasteiger partial charge in [-0.1, -0.05) is 35.9 Å². The normalized spacial score (nSPS) is 10.9. The van der Waals surface area contributed by atoms with Crippen molar-refractivity contribution in [1.29, 1.82) is 5.26 Å². The SMILES string of the molecule is COc1ccc(CNC(=O)/C(C#N)=C\c2cc(Br)c(OCc3ccc(Cl)cc3)c(I)c2)cc1. The number of hydrogen-bond acceptors (Lipinski definition) is 4. The summed E-state index contributed by atoms with van der Waals surface area (Å²) >= 11 is 11.6. The maximum atomic E-state index is 12.5. The molecule has 0 aliphatic rings. The van der Waals surface area contributed by atoms with Crippen molar-refractivity contribution in [3.8, 4) is 17.6 Å². The van der Waals surface area contributed by atoms with Crippen LogP contribution in [0.2, 0.25) is 5.02 Å². The highest BCUT2D eigenvalue weighted by Gasteiger charge is 2.12. The summed E-state index contributed by atoms with van der Waals surface area (Å²) in [7, 11) is 1.60. The van der Waals surface area contributed by atoms with E-state index in [0.29, 0.717) is 29.5 Å². The summed E-state index contributed by atoms with van der Waals surface area (Å²) in [5.41, 5.74) is 2.62. The van der Waals surface area contributed by atoms with E-state index in [-0.39, 0.29) is 5.57 Å². The maximum Gasteiger partial charge on any atom is 0.262 e. The zero-order chi connectivity index (χ0) is 23.8. The Kier molecular flexibility index (Phi) is 9.18. The molecule has 0 aromatic heterocycles. The molecule has 0 spiro atoms. The molecule has 8 heteroatoms. The van der Waals surface area contributed by atoms with Gasteiger partial charge in [0.15, 0.2) is 0 Å². The molecule has 0 aliphatic carbocycles. The summed E-state index contributed by atoms with van der Waals surface area (Å²) in [5.74, 6) is 0.983. The molecule has 168 valence electrons. The van der Waals surface area contributed by atoms with Gasteiger partial charge in [0.1, 0.15) is 29.7 Å². The second kappa shape index (κ2) is 12.1. The van der Waals surface area contributed by atoms with Crippen molar-refractivity contribution in [3.63, 3.8) is 0 Å². The Balaban J connectivity index is 1.68. The first-order chi connectivity index (χ1) is 15.9. The third-order valence-corrected chi connectivity index (χ3v) is 6.25. The molecule has 1 N–H and O–H groups in total. The minimum absolute atomic E-state index is 0.0149. The molecule has 0 bridgehead atoms. The number of halogens is 3. The van der Waals surface area contributed by atoms with Crippen LogP contribution in [0, 0.1) is 14.9 Å². The van der Waals surface area contributed by atoms with E-state index in [1.54, 1.807) is 13.2 Å². The van der Waals surface area contributed by atoms with E-state index in [9.17, 15) is 10.1 Å². The molecule has 0 saturated heterocycles. The van der Waals surface area contributed by atoms with Crippen LogP contribution in [0.3, 0.4) is 0 Å². The van der Waals surface area contributed by atoms with Crippen LogP contribution in [-0.2, 0) is 17.9 Å². The van der Waals surface area contributed by atoms with Crippen LogP contribution in [0.1, 0.15) is 16.7 Å². The lowest BCUT2D eigenvalue weighted by Crippen LogP contribution is -2.23. The van der Waals surface area contributed by atoms with Gasteiger partial charge in [-0.25, -0.2) is 0 Å². The fourth-order valence-electron chi connectivity index (χ4n) is 2.87. The van der Waals surface area contributed by atoms with Crippen LogP contribution in [0.15, 0.2) is 70.7 Å². The average molecular weight is 638 g/mol. The monoisotopic (exact) mass is 636 g/mol. The second-order valence-electron chi connectivity index (χ2n) is 6.93. The summed E-state index contributed by atoms with van der Waals surface area (Å²) in [6.45, 7) is 0.693. The first-order valence-electron chi connectivity index (χ1n) is 9.79. The van der Waals surface area contributed by atoms with E-state index in [4.69, 9.17) is 21.1 Å². The largest absolute Gasteiger partial charge is 0.497 e. The van der Waals surface area contributed by atoms with Crippen molar-refractivity contribution in [2.45, 2.75) is 13.2 Å². The molecular weight excluding hydrogens is 619 g/mol. The Bertz CT molecular complexity index is 1180. The van der Waals surface area contributed by atoms with Crippen LogP contribution in [0.5, 0.6) is 11.5 Å². The quantitative estimate of drug-likeness (QED) is 0.174. The third-order valence-electron chi connectivity index (χ3n) is 4.61. The first kappa shape index (κ1) is 25.1. The lowest BCUT2D eigenvalue weighted by molar-refractivity contribution is -0.117. The van der Waals surface area contributed by atoms with Crippen LogP contribution in [0.4, 0.5) is 0 Å². The molecule has 0 saturated carbocycles. The van der Waals surface area contributed by atoms with Crippen molar-refractivity contribution < 1.29 is 14.3 Å². The molecule has 3 rings (SSSR count). The molecule has 0 fully saturated rings. The zero-order valence-corrected chi connectivity index (χ0v) is 22.1. The van der Waals surface area contributed by atoms with Crippen LogP contribution in [-0.4, -0.2) is 13.0 Å². The first-order valence-corrected chi connectivity index (χ1v) is 12.0. The number of nitrogens with zero attached hydrogens (tertiary/aromatic N) is 1. The maximum absolute atomic E-state index is 12.5. The molecule has 1 amide bonds. The Labute approximate surface area is 219 Å².